The number of hydrogen-bond donors (Lipinski definition) is 2. The molecule has 1 rings (SSSR count). The topological polar surface area (TPSA) is 79.7 Å². The zero-order valence-electron chi connectivity index (χ0n) is 9.82. The zero-order valence-corrected chi connectivity index (χ0v) is 9.82. The summed E-state index contributed by atoms with van der Waals surface area (Å²) in [7, 11) is 4.72. The fraction of sp³-hybridized carbons (Fsp3) is 0.455. The summed E-state index contributed by atoms with van der Waals surface area (Å²) in [6.45, 7) is 0.339. The number of ether oxygens (including phenoxy) is 3. The summed E-state index contributed by atoms with van der Waals surface area (Å²) in [5.74, 6) is 1.87. The Morgan fingerprint density at radius 1 is 1.00 bits per heavy atom. The van der Waals surface area contributed by atoms with Gasteiger partial charge in [0.15, 0.2) is 11.5 Å². The molecule has 0 spiro atoms. The monoisotopic (exact) mass is 226 g/mol. The highest BCUT2D eigenvalue weighted by Gasteiger charge is 2.15. The van der Waals surface area contributed by atoms with Crippen LogP contribution in [0, 0.1) is 0 Å². The van der Waals surface area contributed by atoms with Crippen molar-refractivity contribution in [2.24, 2.45) is 11.5 Å². The van der Waals surface area contributed by atoms with Crippen LogP contribution < -0.4 is 25.7 Å². The standard InChI is InChI=1S/C11H18N2O3/c1-14-9-5-11(16-3)10(15-2)4-7(9)8(13)6-12/h4-5,8H,6,12-13H2,1-3H3/t8-/m1/s1. The van der Waals surface area contributed by atoms with Gasteiger partial charge in [-0.3, -0.25) is 0 Å². The highest BCUT2D eigenvalue weighted by atomic mass is 16.5. The maximum absolute atomic E-state index is 5.88. The summed E-state index contributed by atoms with van der Waals surface area (Å²) in [5.41, 5.74) is 12.2. The normalized spacial score (nSPS) is 12.1. The second-order valence-corrected chi connectivity index (χ2v) is 3.29. The van der Waals surface area contributed by atoms with Crippen molar-refractivity contribution in [3.05, 3.63) is 17.7 Å². The lowest BCUT2D eigenvalue weighted by Crippen LogP contribution is -2.21. The largest absolute Gasteiger partial charge is 0.496 e. The van der Waals surface area contributed by atoms with E-state index in [0.717, 1.165) is 5.56 Å². The lowest BCUT2D eigenvalue weighted by molar-refractivity contribution is 0.346. The van der Waals surface area contributed by atoms with Gasteiger partial charge in [-0.1, -0.05) is 0 Å². The van der Waals surface area contributed by atoms with Gasteiger partial charge >= 0.3 is 0 Å². The molecule has 0 saturated carbocycles. The third kappa shape index (κ3) is 2.37. The predicted molar refractivity (Wildman–Crippen MR) is 62.1 cm³/mol. The average Bonchev–Trinajstić information content (AvgIpc) is 2.35. The third-order valence-electron chi connectivity index (χ3n) is 2.39. The Kier molecular flexibility index (Phi) is 4.39. The molecular weight excluding hydrogens is 208 g/mol. The van der Waals surface area contributed by atoms with Crippen LogP contribution in [0.2, 0.25) is 0 Å². The van der Waals surface area contributed by atoms with Crippen LogP contribution in [0.5, 0.6) is 17.2 Å². The smallest absolute Gasteiger partial charge is 0.164 e. The molecule has 0 saturated heterocycles. The van der Waals surface area contributed by atoms with Gasteiger partial charge < -0.3 is 25.7 Å². The quantitative estimate of drug-likeness (QED) is 0.771. The molecule has 0 amide bonds. The zero-order chi connectivity index (χ0) is 12.1. The fourth-order valence-electron chi connectivity index (χ4n) is 1.47. The van der Waals surface area contributed by atoms with E-state index < -0.39 is 0 Å². The maximum Gasteiger partial charge on any atom is 0.164 e. The lowest BCUT2D eigenvalue weighted by atomic mass is 10.1. The van der Waals surface area contributed by atoms with Gasteiger partial charge in [0.1, 0.15) is 5.75 Å². The minimum atomic E-state index is -0.283. The van der Waals surface area contributed by atoms with Crippen LogP contribution in [0.3, 0.4) is 0 Å². The Morgan fingerprint density at radius 3 is 1.94 bits per heavy atom. The van der Waals surface area contributed by atoms with Gasteiger partial charge in [0.05, 0.1) is 21.3 Å². The summed E-state index contributed by atoms with van der Waals surface area (Å²) in [4.78, 5) is 0. The molecular formula is C11H18N2O3. The molecule has 0 bridgehead atoms. The van der Waals surface area contributed by atoms with E-state index in [9.17, 15) is 0 Å². The van der Waals surface area contributed by atoms with E-state index in [-0.39, 0.29) is 6.04 Å². The Hall–Kier alpha value is -1.46. The minimum Gasteiger partial charge on any atom is -0.496 e. The second-order valence-electron chi connectivity index (χ2n) is 3.29. The van der Waals surface area contributed by atoms with E-state index in [1.807, 2.05) is 0 Å². The van der Waals surface area contributed by atoms with Crippen molar-refractivity contribution in [3.63, 3.8) is 0 Å². The first-order valence-electron chi connectivity index (χ1n) is 4.93. The van der Waals surface area contributed by atoms with Gasteiger partial charge in [0, 0.05) is 24.2 Å². The number of rotatable bonds is 5. The van der Waals surface area contributed by atoms with E-state index >= 15 is 0 Å². The van der Waals surface area contributed by atoms with E-state index in [0.29, 0.717) is 23.8 Å². The molecule has 0 unspecified atom stereocenters. The second kappa shape index (κ2) is 5.58. The Balaban J connectivity index is 3.25. The molecule has 0 aromatic heterocycles. The molecule has 5 nitrogen and oxygen atoms in total. The molecule has 1 aromatic carbocycles. The van der Waals surface area contributed by atoms with Gasteiger partial charge in [-0.2, -0.15) is 0 Å². The van der Waals surface area contributed by atoms with Gasteiger partial charge in [0.2, 0.25) is 0 Å². The summed E-state index contributed by atoms with van der Waals surface area (Å²) in [5, 5.41) is 0. The molecule has 1 aromatic rings. The third-order valence-corrected chi connectivity index (χ3v) is 2.39. The molecule has 0 aliphatic carbocycles. The van der Waals surface area contributed by atoms with Crippen molar-refractivity contribution in [1.29, 1.82) is 0 Å². The molecule has 0 radical (unpaired) electrons. The molecule has 1 atom stereocenters. The number of hydrogen-bond acceptors (Lipinski definition) is 5. The number of methoxy groups -OCH3 is 3. The lowest BCUT2D eigenvalue weighted by Gasteiger charge is -2.17. The highest BCUT2D eigenvalue weighted by Crippen LogP contribution is 2.36. The van der Waals surface area contributed by atoms with Crippen LogP contribution in [-0.4, -0.2) is 27.9 Å². The van der Waals surface area contributed by atoms with Crippen molar-refractivity contribution >= 4 is 0 Å². The molecule has 16 heavy (non-hydrogen) atoms. The minimum absolute atomic E-state index is 0.283. The van der Waals surface area contributed by atoms with Crippen molar-refractivity contribution in [2.45, 2.75) is 6.04 Å². The van der Waals surface area contributed by atoms with Crippen LogP contribution in [0.25, 0.3) is 0 Å². The van der Waals surface area contributed by atoms with E-state index in [2.05, 4.69) is 0 Å². The van der Waals surface area contributed by atoms with Crippen LogP contribution in [0.4, 0.5) is 0 Å². The van der Waals surface area contributed by atoms with E-state index in [4.69, 9.17) is 25.7 Å². The van der Waals surface area contributed by atoms with Gasteiger partial charge in [0.25, 0.3) is 0 Å². The number of nitrogens with two attached hydrogens (primary N) is 2. The van der Waals surface area contributed by atoms with Gasteiger partial charge in [-0.15, -0.1) is 0 Å². The molecule has 0 aliphatic rings. The predicted octanol–water partition coefficient (Wildman–Crippen LogP) is 0.671. The summed E-state index contributed by atoms with van der Waals surface area (Å²) >= 11 is 0. The van der Waals surface area contributed by atoms with Crippen molar-refractivity contribution in [2.75, 3.05) is 27.9 Å². The summed E-state index contributed by atoms with van der Waals surface area (Å²) in [6, 6.07) is 3.24. The van der Waals surface area contributed by atoms with Crippen molar-refractivity contribution in [1.82, 2.24) is 0 Å². The first kappa shape index (κ1) is 12.6. The van der Waals surface area contributed by atoms with Crippen molar-refractivity contribution in [3.8, 4) is 17.2 Å². The Bertz CT molecular complexity index is 355. The SMILES string of the molecule is COc1cc(OC)c([C@H](N)CN)cc1OC. The van der Waals surface area contributed by atoms with Crippen LogP contribution in [0.1, 0.15) is 11.6 Å². The highest BCUT2D eigenvalue weighted by molar-refractivity contribution is 5.51. The first-order chi connectivity index (χ1) is 7.67. The van der Waals surface area contributed by atoms with Crippen LogP contribution in [0.15, 0.2) is 12.1 Å². The van der Waals surface area contributed by atoms with Gasteiger partial charge in [-0.25, -0.2) is 0 Å². The first-order valence-corrected chi connectivity index (χ1v) is 4.93. The molecule has 5 heteroatoms. The van der Waals surface area contributed by atoms with Gasteiger partial charge in [-0.05, 0) is 6.07 Å². The Morgan fingerprint density at radius 2 is 1.50 bits per heavy atom. The molecule has 0 fully saturated rings. The fourth-order valence-corrected chi connectivity index (χ4v) is 1.47. The van der Waals surface area contributed by atoms with Crippen molar-refractivity contribution < 1.29 is 14.2 Å². The molecule has 90 valence electrons. The molecule has 4 N–H and O–H groups in total. The summed E-state index contributed by atoms with van der Waals surface area (Å²) < 4.78 is 15.6. The van der Waals surface area contributed by atoms with E-state index in [1.54, 1.807) is 33.5 Å². The summed E-state index contributed by atoms with van der Waals surface area (Å²) in [6.07, 6.45) is 0. The number of benzene rings is 1. The maximum atomic E-state index is 5.88. The van der Waals surface area contributed by atoms with E-state index in [1.165, 1.54) is 0 Å². The molecule has 0 aliphatic heterocycles. The van der Waals surface area contributed by atoms with Crippen LogP contribution >= 0.6 is 0 Å². The average molecular weight is 226 g/mol. The molecule has 0 heterocycles. The van der Waals surface area contributed by atoms with Crippen LogP contribution in [-0.2, 0) is 0 Å². The Labute approximate surface area is 95.3 Å².